The van der Waals surface area contributed by atoms with E-state index in [-0.39, 0.29) is 12.0 Å². The van der Waals surface area contributed by atoms with E-state index >= 15 is 0 Å². The lowest BCUT2D eigenvalue weighted by Crippen LogP contribution is -2.52. The molecule has 0 spiro atoms. The van der Waals surface area contributed by atoms with Crippen LogP contribution in [0.4, 0.5) is 4.79 Å². The van der Waals surface area contributed by atoms with Crippen LogP contribution in [0.15, 0.2) is 24.5 Å². The summed E-state index contributed by atoms with van der Waals surface area (Å²) < 4.78 is 4.95. The molecule has 0 atom stereocenters. The van der Waals surface area contributed by atoms with Crippen LogP contribution in [0.2, 0.25) is 0 Å². The molecular formula is C15H18N4O3. The number of carbonyl (C=O) groups excluding carboxylic acids is 2. The van der Waals surface area contributed by atoms with Crippen LogP contribution in [-0.4, -0.2) is 52.1 Å². The van der Waals surface area contributed by atoms with Crippen molar-refractivity contribution in [2.24, 2.45) is 0 Å². The summed E-state index contributed by atoms with van der Waals surface area (Å²) in [7, 11) is 0. The second-order valence-electron chi connectivity index (χ2n) is 5.90. The van der Waals surface area contributed by atoms with Crippen molar-refractivity contribution in [2.75, 3.05) is 19.7 Å². The van der Waals surface area contributed by atoms with Crippen LogP contribution in [0.25, 0.3) is 11.0 Å². The van der Waals surface area contributed by atoms with Gasteiger partial charge in [-0.05, 0) is 32.0 Å². The smallest absolute Gasteiger partial charge is 0.410 e. The van der Waals surface area contributed by atoms with Crippen molar-refractivity contribution in [3.63, 3.8) is 0 Å². The predicted molar refractivity (Wildman–Crippen MR) is 80.6 cm³/mol. The molecule has 0 saturated carbocycles. The summed E-state index contributed by atoms with van der Waals surface area (Å²) in [5.74, 6) is -0.183. The molecule has 0 aliphatic carbocycles. The van der Waals surface area contributed by atoms with Crippen LogP contribution >= 0.6 is 0 Å². The normalized spacial score (nSPS) is 15.2. The summed E-state index contributed by atoms with van der Waals surface area (Å²) in [5.41, 5.74) is 1.68. The number of aromatic nitrogens is 2. The number of aromatic amines is 1. The lowest BCUT2D eigenvalue weighted by molar-refractivity contribution is 0.0903. The first-order chi connectivity index (χ1) is 10.5. The first-order valence-corrected chi connectivity index (χ1v) is 7.13. The number of benzene rings is 1. The molecule has 1 aliphatic rings. The van der Waals surface area contributed by atoms with Crippen molar-refractivity contribution < 1.29 is 14.3 Å². The van der Waals surface area contributed by atoms with Gasteiger partial charge in [-0.2, -0.15) is 0 Å². The van der Waals surface area contributed by atoms with Gasteiger partial charge in [-0.1, -0.05) is 0 Å². The largest absolute Gasteiger partial charge is 0.448 e. The van der Waals surface area contributed by atoms with Gasteiger partial charge in [0.05, 0.1) is 29.4 Å². The Morgan fingerprint density at radius 1 is 1.50 bits per heavy atom. The van der Waals surface area contributed by atoms with Crippen molar-refractivity contribution >= 4 is 23.0 Å². The zero-order valence-corrected chi connectivity index (χ0v) is 12.5. The zero-order chi connectivity index (χ0) is 15.7. The van der Waals surface area contributed by atoms with E-state index in [9.17, 15) is 9.59 Å². The summed E-state index contributed by atoms with van der Waals surface area (Å²) in [6, 6.07) is 5.29. The van der Waals surface area contributed by atoms with Crippen molar-refractivity contribution in [1.29, 1.82) is 0 Å². The predicted octanol–water partition coefficient (Wildman–Crippen LogP) is 1.52. The van der Waals surface area contributed by atoms with Gasteiger partial charge in [0.25, 0.3) is 5.91 Å². The van der Waals surface area contributed by atoms with Crippen LogP contribution in [0, 0.1) is 0 Å². The fourth-order valence-corrected chi connectivity index (χ4v) is 2.51. The number of amides is 2. The van der Waals surface area contributed by atoms with Crippen LogP contribution in [0.5, 0.6) is 0 Å². The highest BCUT2D eigenvalue weighted by Gasteiger charge is 2.35. The van der Waals surface area contributed by atoms with Gasteiger partial charge in [-0.3, -0.25) is 9.69 Å². The molecule has 22 heavy (non-hydrogen) atoms. The second-order valence-corrected chi connectivity index (χ2v) is 5.90. The number of carbonyl (C=O) groups is 2. The molecule has 1 aromatic heterocycles. The molecule has 2 N–H and O–H groups in total. The Morgan fingerprint density at radius 3 is 3.05 bits per heavy atom. The molecule has 1 saturated heterocycles. The molecule has 3 rings (SSSR count). The first kappa shape index (κ1) is 14.4. The zero-order valence-electron chi connectivity index (χ0n) is 12.5. The van der Waals surface area contributed by atoms with E-state index < -0.39 is 5.54 Å². The summed E-state index contributed by atoms with van der Waals surface area (Å²) in [4.78, 5) is 32.6. The number of hydrogen-bond acceptors (Lipinski definition) is 4. The number of hydrogen-bond donors (Lipinski definition) is 2. The van der Waals surface area contributed by atoms with E-state index in [2.05, 4.69) is 15.3 Å². The fraction of sp³-hybridized carbons (Fsp3) is 0.400. The lowest BCUT2D eigenvalue weighted by Gasteiger charge is -2.33. The molecule has 1 aromatic carbocycles. The number of ether oxygens (including phenoxy) is 1. The Hall–Kier alpha value is -2.57. The molecule has 1 aliphatic heterocycles. The van der Waals surface area contributed by atoms with E-state index in [1.807, 2.05) is 13.8 Å². The average molecular weight is 302 g/mol. The Morgan fingerprint density at radius 2 is 2.32 bits per heavy atom. The number of rotatable bonds is 4. The van der Waals surface area contributed by atoms with Crippen molar-refractivity contribution in [2.45, 2.75) is 19.4 Å². The van der Waals surface area contributed by atoms with E-state index in [1.165, 1.54) is 0 Å². The maximum Gasteiger partial charge on any atom is 0.410 e. The van der Waals surface area contributed by atoms with E-state index in [0.717, 1.165) is 11.0 Å². The van der Waals surface area contributed by atoms with Gasteiger partial charge < -0.3 is 15.0 Å². The molecule has 2 heterocycles. The van der Waals surface area contributed by atoms with Gasteiger partial charge >= 0.3 is 6.09 Å². The minimum Gasteiger partial charge on any atom is -0.448 e. The molecule has 1 fully saturated rings. The topological polar surface area (TPSA) is 87.3 Å². The summed E-state index contributed by atoms with van der Waals surface area (Å²) in [5, 5.41) is 2.87. The highest BCUT2D eigenvalue weighted by atomic mass is 16.6. The highest BCUT2D eigenvalue weighted by Crippen LogP contribution is 2.19. The summed E-state index contributed by atoms with van der Waals surface area (Å²) in [6.07, 6.45) is 1.26. The number of H-pyrrole nitrogens is 1. The molecule has 116 valence electrons. The number of nitrogens with one attached hydrogen (secondary N) is 2. The van der Waals surface area contributed by atoms with Crippen LogP contribution in [-0.2, 0) is 4.74 Å². The lowest BCUT2D eigenvalue weighted by atomic mass is 10.0. The maximum absolute atomic E-state index is 12.3. The van der Waals surface area contributed by atoms with Crippen LogP contribution < -0.4 is 5.32 Å². The molecule has 7 nitrogen and oxygen atoms in total. The van der Waals surface area contributed by atoms with Crippen molar-refractivity contribution in [3.8, 4) is 0 Å². The molecule has 7 heteroatoms. The van der Waals surface area contributed by atoms with Gasteiger partial charge in [0, 0.05) is 12.1 Å². The van der Waals surface area contributed by atoms with Gasteiger partial charge in [0.2, 0.25) is 0 Å². The van der Waals surface area contributed by atoms with E-state index in [1.54, 1.807) is 29.4 Å². The monoisotopic (exact) mass is 302 g/mol. The Balaban J connectivity index is 1.67. The first-order valence-electron chi connectivity index (χ1n) is 7.13. The minimum atomic E-state index is -0.499. The fourth-order valence-electron chi connectivity index (χ4n) is 2.51. The van der Waals surface area contributed by atoms with Crippen LogP contribution in [0.3, 0.4) is 0 Å². The average Bonchev–Trinajstić information content (AvgIpc) is 3.12. The molecule has 2 aromatic rings. The number of fused-ring (bicyclic) bond motifs is 1. The third-order valence-electron chi connectivity index (χ3n) is 3.86. The SMILES string of the molecule is CC(C)(CNC(=O)c1ccc2nc[nH]c2c1)N1CCOC1=O. The molecule has 0 unspecified atom stereocenters. The third kappa shape index (κ3) is 2.61. The second kappa shape index (κ2) is 5.32. The minimum absolute atomic E-state index is 0.183. The van der Waals surface area contributed by atoms with Crippen LogP contribution in [0.1, 0.15) is 24.2 Å². The van der Waals surface area contributed by atoms with E-state index in [0.29, 0.717) is 25.3 Å². The molecular weight excluding hydrogens is 284 g/mol. The van der Waals surface area contributed by atoms with Crippen molar-refractivity contribution in [3.05, 3.63) is 30.1 Å². The standard InChI is InChI=1S/C15H18N4O3/c1-15(2,19-5-6-22-14(19)21)8-16-13(20)10-3-4-11-12(7-10)18-9-17-11/h3-4,7,9H,5-6,8H2,1-2H3,(H,16,20)(H,17,18). The quantitative estimate of drug-likeness (QED) is 0.896. The Kier molecular flexibility index (Phi) is 3.48. The van der Waals surface area contributed by atoms with E-state index in [4.69, 9.17) is 4.74 Å². The Bertz CT molecular complexity index is 722. The van der Waals surface area contributed by atoms with Gasteiger partial charge in [0.15, 0.2) is 0 Å². The van der Waals surface area contributed by atoms with Gasteiger partial charge in [-0.25, -0.2) is 9.78 Å². The summed E-state index contributed by atoms with van der Waals surface area (Å²) in [6.45, 7) is 5.09. The Labute approximate surface area is 127 Å². The molecule has 0 radical (unpaired) electrons. The summed E-state index contributed by atoms with van der Waals surface area (Å²) >= 11 is 0. The van der Waals surface area contributed by atoms with Gasteiger partial charge in [-0.15, -0.1) is 0 Å². The highest BCUT2D eigenvalue weighted by molar-refractivity contribution is 5.97. The molecule has 2 amide bonds. The third-order valence-corrected chi connectivity index (χ3v) is 3.86. The number of cyclic esters (lactones) is 1. The number of imidazole rings is 1. The van der Waals surface area contributed by atoms with Crippen molar-refractivity contribution in [1.82, 2.24) is 20.2 Å². The van der Waals surface area contributed by atoms with Gasteiger partial charge in [0.1, 0.15) is 6.61 Å². The number of nitrogens with zero attached hydrogens (tertiary/aromatic N) is 2. The maximum atomic E-state index is 12.3. The molecule has 0 bridgehead atoms.